The van der Waals surface area contributed by atoms with Crippen molar-refractivity contribution in [3.63, 3.8) is 0 Å². The molecule has 2 aliphatic rings. The Bertz CT molecular complexity index is 1320. The van der Waals surface area contributed by atoms with Crippen LogP contribution in [0.25, 0.3) is 0 Å². The minimum absolute atomic E-state index is 0.0364. The monoisotopic (exact) mass is 496 g/mol. The second kappa shape index (κ2) is 9.15. The molecular formula is C27H32N2O5S. The second-order valence-corrected chi connectivity index (χ2v) is 12.5. The molecule has 2 heterocycles. The van der Waals surface area contributed by atoms with Crippen LogP contribution in [0.1, 0.15) is 49.4 Å². The minimum atomic E-state index is -3.09. The molecule has 0 bridgehead atoms. The first-order chi connectivity index (χ1) is 16.4. The van der Waals surface area contributed by atoms with Crippen molar-refractivity contribution in [2.75, 3.05) is 29.7 Å². The fraction of sp³-hybridized carbons (Fsp3) is 0.407. The summed E-state index contributed by atoms with van der Waals surface area (Å²) in [7, 11) is -1.43. The van der Waals surface area contributed by atoms with Crippen LogP contribution in [0, 0.1) is 0 Å². The lowest BCUT2D eigenvalue weighted by Crippen LogP contribution is -2.33. The fourth-order valence-electron chi connectivity index (χ4n) is 4.71. The smallest absolute Gasteiger partial charge is 0.238 e. The summed E-state index contributed by atoms with van der Waals surface area (Å²) in [6.45, 7) is 7.67. The van der Waals surface area contributed by atoms with Crippen molar-refractivity contribution in [1.29, 1.82) is 0 Å². The van der Waals surface area contributed by atoms with Crippen molar-refractivity contribution in [3.05, 3.63) is 64.9 Å². The number of fused-ring (bicyclic) bond motifs is 1. The number of benzene rings is 2. The van der Waals surface area contributed by atoms with Gasteiger partial charge in [-0.3, -0.25) is 14.5 Å². The van der Waals surface area contributed by atoms with Gasteiger partial charge in [-0.25, -0.2) is 8.42 Å². The lowest BCUT2D eigenvalue weighted by Gasteiger charge is -2.35. The van der Waals surface area contributed by atoms with E-state index < -0.39 is 9.84 Å². The van der Waals surface area contributed by atoms with E-state index in [9.17, 15) is 18.0 Å². The molecule has 0 atom stereocenters. The summed E-state index contributed by atoms with van der Waals surface area (Å²) in [4.78, 5) is 28.2. The van der Waals surface area contributed by atoms with E-state index in [1.54, 1.807) is 13.3 Å². The fourth-order valence-corrected chi connectivity index (χ4v) is 5.50. The summed E-state index contributed by atoms with van der Waals surface area (Å²) in [6.07, 6.45) is 4.85. The van der Waals surface area contributed by atoms with Crippen LogP contribution < -0.4 is 14.5 Å². The van der Waals surface area contributed by atoms with Crippen molar-refractivity contribution in [3.8, 4) is 5.75 Å². The second-order valence-electron chi connectivity index (χ2n) is 10.4. The SMILES string of the molecule is COc1c(N2CCc3cc(CS(C)(=O)=O)ccc3C2)cc(N2C=CC(=O)CC2=O)cc1C(C)(C)C. The van der Waals surface area contributed by atoms with E-state index in [1.165, 1.54) is 17.2 Å². The summed E-state index contributed by atoms with van der Waals surface area (Å²) >= 11 is 0. The van der Waals surface area contributed by atoms with Crippen LogP contribution in [0.5, 0.6) is 5.75 Å². The third-order valence-corrected chi connectivity index (χ3v) is 7.26. The number of anilines is 2. The van der Waals surface area contributed by atoms with Crippen molar-refractivity contribution in [2.45, 2.75) is 51.3 Å². The topological polar surface area (TPSA) is 84.0 Å². The van der Waals surface area contributed by atoms with Gasteiger partial charge in [0, 0.05) is 31.1 Å². The number of nitrogens with zero attached hydrogens (tertiary/aromatic N) is 2. The molecule has 0 unspecified atom stereocenters. The number of carbonyl (C=O) groups excluding carboxylic acids is 2. The van der Waals surface area contributed by atoms with E-state index in [0.717, 1.165) is 46.7 Å². The van der Waals surface area contributed by atoms with E-state index in [0.29, 0.717) is 12.2 Å². The zero-order valence-electron chi connectivity index (χ0n) is 20.9. The molecule has 0 aliphatic carbocycles. The van der Waals surface area contributed by atoms with Crippen LogP contribution in [0.3, 0.4) is 0 Å². The predicted molar refractivity (Wildman–Crippen MR) is 138 cm³/mol. The average molecular weight is 497 g/mol. The Kier molecular flexibility index (Phi) is 6.53. The zero-order valence-corrected chi connectivity index (χ0v) is 21.7. The van der Waals surface area contributed by atoms with Crippen molar-refractivity contribution >= 4 is 32.9 Å². The van der Waals surface area contributed by atoms with Crippen molar-refractivity contribution in [2.24, 2.45) is 0 Å². The number of methoxy groups -OCH3 is 1. The normalized spacial score (nSPS) is 16.5. The van der Waals surface area contributed by atoms with Crippen LogP contribution in [0.15, 0.2) is 42.6 Å². The number of ether oxygens (including phenoxy) is 1. The number of rotatable bonds is 5. The molecule has 7 nitrogen and oxygen atoms in total. The van der Waals surface area contributed by atoms with Gasteiger partial charge in [-0.05, 0) is 46.7 Å². The first kappa shape index (κ1) is 25.0. The quantitative estimate of drug-likeness (QED) is 0.584. The van der Waals surface area contributed by atoms with Gasteiger partial charge in [0.15, 0.2) is 15.6 Å². The van der Waals surface area contributed by atoms with E-state index in [-0.39, 0.29) is 29.3 Å². The molecular weight excluding hydrogens is 464 g/mol. The molecule has 8 heteroatoms. The molecule has 0 radical (unpaired) electrons. The standard InChI is InChI=1S/C27H32N2O5S/c1-27(2,3)23-13-21(29-11-9-22(30)15-25(29)31)14-24(26(23)34-4)28-10-8-19-12-18(17-35(5,32)33)6-7-20(19)16-28/h6-7,9,11-14H,8,10,15-17H2,1-5H3. The predicted octanol–water partition coefficient (Wildman–Crippen LogP) is 3.92. The van der Waals surface area contributed by atoms with Crippen molar-refractivity contribution in [1.82, 2.24) is 0 Å². The molecule has 0 fully saturated rings. The maximum Gasteiger partial charge on any atom is 0.238 e. The van der Waals surface area contributed by atoms with Crippen LogP contribution in [0.4, 0.5) is 11.4 Å². The summed E-state index contributed by atoms with van der Waals surface area (Å²) in [5, 5.41) is 0. The molecule has 0 N–H and O–H groups in total. The third-order valence-electron chi connectivity index (χ3n) is 6.40. The minimum Gasteiger partial charge on any atom is -0.494 e. The number of carbonyl (C=O) groups is 2. The van der Waals surface area contributed by atoms with Gasteiger partial charge in [0.1, 0.15) is 5.75 Å². The summed E-state index contributed by atoms with van der Waals surface area (Å²) in [5.41, 5.74) is 5.41. The van der Waals surface area contributed by atoms with Gasteiger partial charge in [0.05, 0.1) is 30.7 Å². The highest BCUT2D eigenvalue weighted by atomic mass is 32.2. The Labute approximate surface area is 207 Å². The zero-order chi connectivity index (χ0) is 25.5. The largest absolute Gasteiger partial charge is 0.494 e. The Morgan fingerprint density at radius 1 is 1.06 bits per heavy atom. The lowest BCUT2D eigenvalue weighted by atomic mass is 9.85. The highest BCUT2D eigenvalue weighted by molar-refractivity contribution is 7.89. The molecule has 1 amide bonds. The van der Waals surface area contributed by atoms with E-state index >= 15 is 0 Å². The maximum atomic E-state index is 12.7. The first-order valence-electron chi connectivity index (χ1n) is 11.6. The van der Waals surface area contributed by atoms with Gasteiger partial charge in [-0.2, -0.15) is 0 Å². The number of allylic oxidation sites excluding steroid dienone is 1. The van der Waals surface area contributed by atoms with Crippen LogP contribution in [-0.4, -0.2) is 40.0 Å². The Morgan fingerprint density at radius 2 is 1.80 bits per heavy atom. The molecule has 35 heavy (non-hydrogen) atoms. The van der Waals surface area contributed by atoms with Gasteiger partial charge in [0.25, 0.3) is 0 Å². The molecule has 4 rings (SSSR count). The number of ketones is 1. The van der Waals surface area contributed by atoms with E-state index in [4.69, 9.17) is 4.74 Å². The molecule has 2 aromatic carbocycles. The van der Waals surface area contributed by atoms with E-state index in [1.807, 2.05) is 30.3 Å². The maximum absolute atomic E-state index is 12.7. The van der Waals surface area contributed by atoms with Gasteiger partial charge < -0.3 is 9.64 Å². The summed E-state index contributed by atoms with van der Waals surface area (Å²) in [5.74, 6) is 0.354. The van der Waals surface area contributed by atoms with Crippen molar-refractivity contribution < 1.29 is 22.7 Å². The molecule has 2 aromatic rings. The number of hydrogen-bond donors (Lipinski definition) is 0. The number of sulfone groups is 1. The summed E-state index contributed by atoms with van der Waals surface area (Å²) < 4.78 is 29.4. The van der Waals surface area contributed by atoms with Crippen LogP contribution >= 0.6 is 0 Å². The third kappa shape index (κ3) is 5.42. The molecule has 0 saturated heterocycles. The molecule has 186 valence electrons. The highest BCUT2D eigenvalue weighted by Crippen LogP contribution is 2.44. The van der Waals surface area contributed by atoms with Crippen LogP contribution in [0.2, 0.25) is 0 Å². The molecule has 2 aliphatic heterocycles. The van der Waals surface area contributed by atoms with Gasteiger partial charge in [-0.1, -0.05) is 39.0 Å². The van der Waals surface area contributed by atoms with E-state index in [2.05, 4.69) is 25.7 Å². The number of amides is 1. The Hall–Kier alpha value is -3.13. The van der Waals surface area contributed by atoms with Crippen LogP contribution in [-0.2, 0) is 43.6 Å². The van der Waals surface area contributed by atoms with Gasteiger partial charge >= 0.3 is 0 Å². The first-order valence-corrected chi connectivity index (χ1v) is 13.7. The molecule has 0 saturated carbocycles. The Balaban J connectivity index is 1.76. The van der Waals surface area contributed by atoms with Gasteiger partial charge in [-0.15, -0.1) is 0 Å². The number of hydrogen-bond acceptors (Lipinski definition) is 6. The lowest BCUT2D eigenvalue weighted by molar-refractivity contribution is -0.124. The summed E-state index contributed by atoms with van der Waals surface area (Å²) in [6, 6.07) is 9.80. The Morgan fingerprint density at radius 3 is 2.43 bits per heavy atom. The average Bonchev–Trinajstić information content (AvgIpc) is 2.76. The molecule has 0 aromatic heterocycles. The van der Waals surface area contributed by atoms with Gasteiger partial charge in [0.2, 0.25) is 5.91 Å². The molecule has 0 spiro atoms. The highest BCUT2D eigenvalue weighted by Gasteiger charge is 2.29.